The van der Waals surface area contributed by atoms with Gasteiger partial charge in [-0.05, 0) is 18.1 Å². The second kappa shape index (κ2) is 6.25. The maximum atomic E-state index is 12.3. The summed E-state index contributed by atoms with van der Waals surface area (Å²) >= 11 is 0. The molecule has 1 aromatic carbocycles. The van der Waals surface area contributed by atoms with Gasteiger partial charge < -0.3 is 10.1 Å². The van der Waals surface area contributed by atoms with E-state index in [4.69, 9.17) is 0 Å². The van der Waals surface area contributed by atoms with Crippen molar-refractivity contribution in [2.24, 2.45) is 5.92 Å². The molecule has 0 atom stereocenters. The lowest BCUT2D eigenvalue weighted by Crippen LogP contribution is -2.32. The van der Waals surface area contributed by atoms with Gasteiger partial charge >= 0.3 is 12.1 Å². The fraction of sp³-hybridized carbons (Fsp3) is 0.357. The zero-order chi connectivity index (χ0) is 15.4. The predicted octanol–water partition coefficient (Wildman–Crippen LogP) is 2.43. The van der Waals surface area contributed by atoms with Crippen molar-refractivity contribution in [1.29, 1.82) is 0 Å². The van der Waals surface area contributed by atoms with Crippen molar-refractivity contribution in [3.8, 4) is 0 Å². The SMILES string of the molecule is COC(=O)Nc1nc2ccccc2n1C(=O)NCC(C)C. The van der Waals surface area contributed by atoms with Crippen LogP contribution >= 0.6 is 0 Å². The maximum absolute atomic E-state index is 12.3. The lowest BCUT2D eigenvalue weighted by atomic mass is 10.2. The number of anilines is 1. The van der Waals surface area contributed by atoms with Gasteiger partial charge in [0.15, 0.2) is 0 Å². The summed E-state index contributed by atoms with van der Waals surface area (Å²) in [7, 11) is 1.25. The van der Waals surface area contributed by atoms with Crippen LogP contribution in [0.4, 0.5) is 15.5 Å². The molecule has 0 saturated heterocycles. The Morgan fingerprint density at radius 3 is 2.71 bits per heavy atom. The zero-order valence-corrected chi connectivity index (χ0v) is 12.2. The van der Waals surface area contributed by atoms with Gasteiger partial charge in [0.1, 0.15) is 0 Å². The Balaban J connectivity index is 2.40. The van der Waals surface area contributed by atoms with Crippen LogP contribution in [0, 0.1) is 5.92 Å². The molecule has 1 aromatic heterocycles. The quantitative estimate of drug-likeness (QED) is 0.909. The van der Waals surface area contributed by atoms with Crippen LogP contribution in [0.3, 0.4) is 0 Å². The van der Waals surface area contributed by atoms with E-state index in [9.17, 15) is 9.59 Å². The molecule has 2 N–H and O–H groups in total. The summed E-state index contributed by atoms with van der Waals surface area (Å²) in [6, 6.07) is 6.80. The average Bonchev–Trinajstić information content (AvgIpc) is 2.82. The van der Waals surface area contributed by atoms with Crippen molar-refractivity contribution in [2.75, 3.05) is 19.0 Å². The van der Waals surface area contributed by atoms with Crippen molar-refractivity contribution in [3.63, 3.8) is 0 Å². The average molecular weight is 290 g/mol. The largest absolute Gasteiger partial charge is 0.453 e. The van der Waals surface area contributed by atoms with Crippen molar-refractivity contribution in [1.82, 2.24) is 14.9 Å². The first kappa shape index (κ1) is 14.8. The lowest BCUT2D eigenvalue weighted by molar-refractivity contribution is 0.186. The monoisotopic (exact) mass is 290 g/mol. The summed E-state index contributed by atoms with van der Waals surface area (Å²) < 4.78 is 5.88. The third-order valence-corrected chi connectivity index (χ3v) is 2.82. The van der Waals surface area contributed by atoms with Gasteiger partial charge in [0.05, 0.1) is 18.1 Å². The van der Waals surface area contributed by atoms with Crippen LogP contribution in [0.1, 0.15) is 13.8 Å². The summed E-state index contributed by atoms with van der Waals surface area (Å²) in [5, 5.41) is 5.25. The highest BCUT2D eigenvalue weighted by Crippen LogP contribution is 2.19. The third-order valence-electron chi connectivity index (χ3n) is 2.82. The molecule has 0 saturated carbocycles. The third kappa shape index (κ3) is 3.31. The Labute approximate surface area is 122 Å². The Hall–Kier alpha value is -2.57. The predicted molar refractivity (Wildman–Crippen MR) is 79.4 cm³/mol. The standard InChI is InChI=1S/C14H18N4O3/c1-9(2)8-15-13(19)18-11-7-5-4-6-10(11)16-12(18)17-14(20)21-3/h4-7,9H,8H2,1-3H3,(H,15,19)(H,16,17,20). The number of nitrogens with one attached hydrogen (secondary N) is 2. The van der Waals surface area contributed by atoms with E-state index in [-0.39, 0.29) is 12.0 Å². The van der Waals surface area contributed by atoms with Crippen LogP contribution in [-0.2, 0) is 4.74 Å². The Morgan fingerprint density at radius 2 is 2.05 bits per heavy atom. The molecule has 0 unspecified atom stereocenters. The minimum Gasteiger partial charge on any atom is -0.453 e. The van der Waals surface area contributed by atoms with E-state index in [2.05, 4.69) is 20.4 Å². The second-order valence-corrected chi connectivity index (χ2v) is 4.96. The summed E-state index contributed by atoms with van der Waals surface area (Å²) in [5.41, 5.74) is 1.23. The van der Waals surface area contributed by atoms with Crippen molar-refractivity contribution in [2.45, 2.75) is 13.8 Å². The van der Waals surface area contributed by atoms with Gasteiger partial charge in [-0.25, -0.2) is 19.1 Å². The smallest absolute Gasteiger partial charge is 0.413 e. The maximum Gasteiger partial charge on any atom is 0.413 e. The van der Waals surface area contributed by atoms with Gasteiger partial charge in [-0.3, -0.25) is 5.32 Å². The van der Waals surface area contributed by atoms with E-state index in [0.717, 1.165) is 0 Å². The topological polar surface area (TPSA) is 85.2 Å². The first-order valence-electron chi connectivity index (χ1n) is 6.63. The minimum absolute atomic E-state index is 0.129. The first-order valence-corrected chi connectivity index (χ1v) is 6.63. The molecule has 7 heteroatoms. The number of hydrogen-bond donors (Lipinski definition) is 2. The molecular weight excluding hydrogens is 272 g/mol. The number of ether oxygens (including phenoxy) is 1. The normalized spacial score (nSPS) is 10.7. The van der Waals surface area contributed by atoms with E-state index in [0.29, 0.717) is 23.5 Å². The summed E-state index contributed by atoms with van der Waals surface area (Å²) in [4.78, 5) is 28.0. The number of aromatic nitrogens is 2. The van der Waals surface area contributed by atoms with Crippen molar-refractivity contribution < 1.29 is 14.3 Å². The molecular formula is C14H18N4O3. The van der Waals surface area contributed by atoms with E-state index in [1.165, 1.54) is 11.7 Å². The highest BCUT2D eigenvalue weighted by atomic mass is 16.5. The van der Waals surface area contributed by atoms with Gasteiger partial charge in [-0.15, -0.1) is 0 Å². The highest BCUT2D eigenvalue weighted by molar-refractivity contribution is 5.96. The highest BCUT2D eigenvalue weighted by Gasteiger charge is 2.18. The molecule has 0 aliphatic heterocycles. The number of benzene rings is 1. The fourth-order valence-electron chi connectivity index (χ4n) is 1.83. The van der Waals surface area contributed by atoms with Gasteiger partial charge in [-0.1, -0.05) is 26.0 Å². The molecule has 112 valence electrons. The number of methoxy groups -OCH3 is 1. The Bertz CT molecular complexity index is 663. The fourth-order valence-corrected chi connectivity index (χ4v) is 1.83. The molecule has 0 aliphatic rings. The molecule has 1 heterocycles. The molecule has 0 bridgehead atoms. The van der Waals surface area contributed by atoms with Crippen LogP contribution < -0.4 is 10.6 Å². The first-order chi connectivity index (χ1) is 10.0. The van der Waals surface area contributed by atoms with Gasteiger partial charge in [0.2, 0.25) is 5.95 Å². The van der Waals surface area contributed by atoms with Crippen LogP contribution in [0.5, 0.6) is 0 Å². The minimum atomic E-state index is -0.678. The number of hydrogen-bond acceptors (Lipinski definition) is 4. The van der Waals surface area contributed by atoms with Crippen LogP contribution in [0.15, 0.2) is 24.3 Å². The number of amides is 2. The van der Waals surface area contributed by atoms with Crippen LogP contribution in [0.2, 0.25) is 0 Å². The van der Waals surface area contributed by atoms with Gasteiger partial charge in [-0.2, -0.15) is 0 Å². The second-order valence-electron chi connectivity index (χ2n) is 4.96. The number of rotatable bonds is 3. The van der Waals surface area contributed by atoms with Gasteiger partial charge in [0.25, 0.3) is 0 Å². The molecule has 2 amide bonds. The number of imidazole rings is 1. The number of fused-ring (bicyclic) bond motifs is 1. The lowest BCUT2D eigenvalue weighted by Gasteiger charge is -2.11. The molecule has 0 spiro atoms. The molecule has 2 aromatic rings. The Kier molecular flexibility index (Phi) is 4.42. The van der Waals surface area contributed by atoms with E-state index in [1.54, 1.807) is 18.2 Å². The van der Waals surface area contributed by atoms with E-state index >= 15 is 0 Å². The molecule has 2 rings (SSSR count). The van der Waals surface area contributed by atoms with Crippen LogP contribution in [0.25, 0.3) is 11.0 Å². The number of carbonyl (C=O) groups is 2. The van der Waals surface area contributed by atoms with E-state index in [1.807, 2.05) is 19.9 Å². The zero-order valence-electron chi connectivity index (χ0n) is 12.2. The number of para-hydroxylation sites is 2. The molecule has 0 aliphatic carbocycles. The van der Waals surface area contributed by atoms with Crippen LogP contribution in [-0.4, -0.2) is 35.3 Å². The van der Waals surface area contributed by atoms with Crippen molar-refractivity contribution in [3.05, 3.63) is 24.3 Å². The van der Waals surface area contributed by atoms with E-state index < -0.39 is 6.09 Å². The number of carbonyl (C=O) groups excluding carboxylic acids is 2. The summed E-state index contributed by atoms with van der Waals surface area (Å²) in [6.07, 6.45) is -0.678. The van der Waals surface area contributed by atoms with Gasteiger partial charge in [0, 0.05) is 6.54 Å². The Morgan fingerprint density at radius 1 is 1.33 bits per heavy atom. The molecule has 0 radical (unpaired) electrons. The molecule has 21 heavy (non-hydrogen) atoms. The summed E-state index contributed by atoms with van der Waals surface area (Å²) in [6.45, 7) is 4.53. The number of nitrogens with zero attached hydrogens (tertiary/aromatic N) is 2. The summed E-state index contributed by atoms with van der Waals surface area (Å²) in [5.74, 6) is 0.449. The van der Waals surface area contributed by atoms with Crippen molar-refractivity contribution >= 4 is 29.1 Å². The molecule has 0 fully saturated rings. The molecule has 7 nitrogen and oxygen atoms in total.